The zero-order valence-electron chi connectivity index (χ0n) is 11.4. The molecule has 19 heavy (non-hydrogen) atoms. The van der Waals surface area contributed by atoms with Crippen LogP contribution in [0.25, 0.3) is 5.65 Å². The predicted molar refractivity (Wildman–Crippen MR) is 74.7 cm³/mol. The monoisotopic (exact) mass is 259 g/mol. The highest BCUT2D eigenvalue weighted by molar-refractivity contribution is 5.46. The molecule has 5 heteroatoms. The summed E-state index contributed by atoms with van der Waals surface area (Å²) in [5.41, 5.74) is 7.73. The average molecular weight is 259 g/mol. The minimum Gasteiger partial charge on any atom is -0.326 e. The van der Waals surface area contributed by atoms with Gasteiger partial charge in [0.1, 0.15) is 0 Å². The summed E-state index contributed by atoms with van der Waals surface area (Å²) in [4.78, 5) is 7.21. The van der Waals surface area contributed by atoms with Gasteiger partial charge in [-0.15, -0.1) is 5.10 Å². The van der Waals surface area contributed by atoms with E-state index >= 15 is 0 Å². The molecule has 5 nitrogen and oxygen atoms in total. The summed E-state index contributed by atoms with van der Waals surface area (Å²) in [6, 6.07) is 4.36. The number of nitrogens with two attached hydrogens (primary N) is 1. The van der Waals surface area contributed by atoms with Gasteiger partial charge in [0.2, 0.25) is 0 Å². The van der Waals surface area contributed by atoms with Gasteiger partial charge in [-0.2, -0.15) is 0 Å². The number of likely N-dealkylation sites (tertiary alicyclic amines) is 1. The first-order valence-corrected chi connectivity index (χ1v) is 7.11. The van der Waals surface area contributed by atoms with Crippen molar-refractivity contribution < 1.29 is 0 Å². The number of nitrogens with zero attached hydrogens (tertiary/aromatic N) is 4. The third kappa shape index (κ3) is 2.24. The highest BCUT2D eigenvalue weighted by Crippen LogP contribution is 2.29. The molecular weight excluding hydrogens is 238 g/mol. The predicted octanol–water partition coefficient (Wildman–Crippen LogP) is 1.73. The van der Waals surface area contributed by atoms with Gasteiger partial charge in [0.05, 0.1) is 6.04 Å². The van der Waals surface area contributed by atoms with Crippen LogP contribution >= 0.6 is 0 Å². The Bertz CT molecular complexity index is 562. The lowest BCUT2D eigenvalue weighted by Gasteiger charge is -2.32. The molecule has 2 aromatic rings. The molecule has 1 fully saturated rings. The molecule has 0 amide bonds. The van der Waals surface area contributed by atoms with Crippen molar-refractivity contribution >= 4 is 5.65 Å². The van der Waals surface area contributed by atoms with Crippen LogP contribution in [0.2, 0.25) is 0 Å². The molecular formula is C14H21N5. The van der Waals surface area contributed by atoms with Crippen LogP contribution in [0.1, 0.15) is 43.6 Å². The molecule has 1 saturated heterocycles. The normalized spacial score (nSPS) is 21.1. The second kappa shape index (κ2) is 5.27. The second-order valence-corrected chi connectivity index (χ2v) is 5.12. The van der Waals surface area contributed by atoms with Crippen LogP contribution in [0.3, 0.4) is 0 Å². The molecule has 102 valence electrons. The third-order valence-electron chi connectivity index (χ3n) is 4.00. The number of fused-ring (bicyclic) bond motifs is 1. The Morgan fingerprint density at radius 1 is 1.42 bits per heavy atom. The van der Waals surface area contributed by atoms with E-state index in [1.54, 1.807) is 0 Å². The third-order valence-corrected chi connectivity index (χ3v) is 4.00. The number of piperidine rings is 1. The number of hydrogen-bond donors (Lipinski definition) is 1. The lowest BCUT2D eigenvalue weighted by atomic mass is 10.0. The fraction of sp³-hybridized carbons (Fsp3) is 0.571. The van der Waals surface area contributed by atoms with Gasteiger partial charge in [-0.3, -0.25) is 4.90 Å². The maximum atomic E-state index is 5.77. The molecule has 1 aliphatic heterocycles. The number of rotatable bonds is 3. The van der Waals surface area contributed by atoms with Crippen LogP contribution in [0.5, 0.6) is 0 Å². The van der Waals surface area contributed by atoms with Gasteiger partial charge in [-0.25, -0.2) is 9.50 Å². The number of hydrogen-bond acceptors (Lipinski definition) is 4. The minimum absolute atomic E-state index is 0.365. The first-order valence-electron chi connectivity index (χ1n) is 7.11. The summed E-state index contributed by atoms with van der Waals surface area (Å²) in [5, 5.41) is 4.65. The highest BCUT2D eigenvalue weighted by atomic mass is 15.3. The molecule has 0 radical (unpaired) electrons. The van der Waals surface area contributed by atoms with Crippen LogP contribution in [0, 0.1) is 0 Å². The summed E-state index contributed by atoms with van der Waals surface area (Å²) >= 11 is 0. The zero-order valence-corrected chi connectivity index (χ0v) is 11.4. The van der Waals surface area contributed by atoms with Crippen molar-refractivity contribution in [1.29, 1.82) is 0 Å². The maximum absolute atomic E-state index is 5.77. The molecule has 0 spiro atoms. The SMILES string of the molecule is CCN1CCCCC1c1nc2c(CN)cccn2n1. The van der Waals surface area contributed by atoms with Gasteiger partial charge in [0.15, 0.2) is 11.5 Å². The number of pyridine rings is 1. The first kappa shape index (κ1) is 12.6. The topological polar surface area (TPSA) is 59.5 Å². The van der Waals surface area contributed by atoms with E-state index in [4.69, 9.17) is 10.7 Å². The Morgan fingerprint density at radius 3 is 3.11 bits per heavy atom. The highest BCUT2D eigenvalue weighted by Gasteiger charge is 2.26. The standard InChI is InChI=1S/C14H21N5/c1-2-18-8-4-3-7-12(18)13-16-14-11(10-15)6-5-9-19(14)17-13/h5-6,9,12H,2-4,7-8,10,15H2,1H3. The van der Waals surface area contributed by atoms with Gasteiger partial charge in [-0.1, -0.05) is 19.4 Å². The number of aromatic nitrogens is 3. The van der Waals surface area contributed by atoms with E-state index in [-0.39, 0.29) is 0 Å². The average Bonchev–Trinajstić information content (AvgIpc) is 2.90. The Balaban J connectivity index is 2.00. The molecule has 0 bridgehead atoms. The van der Waals surface area contributed by atoms with E-state index in [1.807, 2.05) is 22.8 Å². The lowest BCUT2D eigenvalue weighted by molar-refractivity contribution is 0.150. The van der Waals surface area contributed by atoms with E-state index in [0.717, 1.165) is 36.5 Å². The van der Waals surface area contributed by atoms with E-state index in [2.05, 4.69) is 16.9 Å². The van der Waals surface area contributed by atoms with Crippen LogP contribution in [-0.4, -0.2) is 32.6 Å². The zero-order chi connectivity index (χ0) is 13.2. The van der Waals surface area contributed by atoms with Crippen molar-refractivity contribution in [3.8, 4) is 0 Å². The molecule has 2 aromatic heterocycles. The van der Waals surface area contributed by atoms with Crippen LogP contribution in [0.15, 0.2) is 18.3 Å². The lowest BCUT2D eigenvalue weighted by Crippen LogP contribution is -2.33. The van der Waals surface area contributed by atoms with Crippen LogP contribution < -0.4 is 5.73 Å². The fourth-order valence-electron chi connectivity index (χ4n) is 2.94. The summed E-state index contributed by atoms with van der Waals surface area (Å²) in [5.74, 6) is 0.947. The summed E-state index contributed by atoms with van der Waals surface area (Å²) in [6.07, 6.45) is 5.65. The van der Waals surface area contributed by atoms with Crippen molar-refractivity contribution in [3.63, 3.8) is 0 Å². The largest absolute Gasteiger partial charge is 0.326 e. The van der Waals surface area contributed by atoms with Crippen LogP contribution in [-0.2, 0) is 6.54 Å². The molecule has 1 aliphatic rings. The summed E-state index contributed by atoms with van der Waals surface area (Å²) < 4.78 is 1.86. The van der Waals surface area contributed by atoms with Crippen molar-refractivity contribution in [1.82, 2.24) is 19.5 Å². The Kier molecular flexibility index (Phi) is 3.48. The molecule has 3 heterocycles. The van der Waals surface area contributed by atoms with Crippen molar-refractivity contribution in [2.24, 2.45) is 5.73 Å². The van der Waals surface area contributed by atoms with E-state index in [0.29, 0.717) is 12.6 Å². The second-order valence-electron chi connectivity index (χ2n) is 5.12. The van der Waals surface area contributed by atoms with Gasteiger partial charge in [0, 0.05) is 18.3 Å². The summed E-state index contributed by atoms with van der Waals surface area (Å²) in [6.45, 7) is 4.93. The van der Waals surface area contributed by atoms with Crippen molar-refractivity contribution in [2.45, 2.75) is 38.8 Å². The minimum atomic E-state index is 0.365. The fourth-order valence-corrected chi connectivity index (χ4v) is 2.94. The molecule has 1 atom stereocenters. The van der Waals surface area contributed by atoms with Gasteiger partial charge < -0.3 is 5.73 Å². The molecule has 2 N–H and O–H groups in total. The molecule has 0 aromatic carbocycles. The Morgan fingerprint density at radius 2 is 2.32 bits per heavy atom. The molecule has 0 aliphatic carbocycles. The van der Waals surface area contributed by atoms with Crippen molar-refractivity contribution in [2.75, 3.05) is 13.1 Å². The quantitative estimate of drug-likeness (QED) is 0.912. The van der Waals surface area contributed by atoms with E-state index in [1.165, 1.54) is 12.8 Å². The van der Waals surface area contributed by atoms with Crippen molar-refractivity contribution in [3.05, 3.63) is 29.7 Å². The summed E-state index contributed by atoms with van der Waals surface area (Å²) in [7, 11) is 0. The Labute approximate surface area is 113 Å². The molecule has 0 saturated carbocycles. The smallest absolute Gasteiger partial charge is 0.168 e. The van der Waals surface area contributed by atoms with Crippen LogP contribution in [0.4, 0.5) is 0 Å². The molecule has 1 unspecified atom stereocenters. The van der Waals surface area contributed by atoms with Gasteiger partial charge in [-0.05, 0) is 32.0 Å². The maximum Gasteiger partial charge on any atom is 0.168 e. The first-order chi connectivity index (χ1) is 9.33. The van der Waals surface area contributed by atoms with E-state index in [9.17, 15) is 0 Å². The Hall–Kier alpha value is -1.46. The van der Waals surface area contributed by atoms with Gasteiger partial charge >= 0.3 is 0 Å². The molecule has 3 rings (SSSR count). The van der Waals surface area contributed by atoms with E-state index < -0.39 is 0 Å². The van der Waals surface area contributed by atoms with Gasteiger partial charge in [0.25, 0.3) is 0 Å².